The summed E-state index contributed by atoms with van der Waals surface area (Å²) in [7, 11) is 2.93. The van der Waals surface area contributed by atoms with Crippen LogP contribution >= 0.6 is 21.6 Å². The fourth-order valence-corrected chi connectivity index (χ4v) is 8.79. The van der Waals surface area contributed by atoms with Gasteiger partial charge in [-0.3, -0.25) is 9.59 Å². The minimum absolute atomic E-state index is 0.0180. The van der Waals surface area contributed by atoms with Crippen molar-refractivity contribution in [2.45, 2.75) is 54.9 Å². The lowest BCUT2D eigenvalue weighted by molar-refractivity contribution is -0.166. The van der Waals surface area contributed by atoms with Crippen LogP contribution in [-0.2, 0) is 9.59 Å². The number of nitriles is 1. The molecule has 9 heteroatoms. The standard InChI is InChI=1S/C20H19N3O4S2/c1-18(9-21)8-20-17(25)22(12-4-5-12)19(2,28-29-20)16(24)23(20)15(18)11-3-6-13-14(7-11)27-10-26-13/h3,6-7,12,15H,4-5,8,10H2,1-2H3/t15?,18-,19+,20?/m1/s1. The Bertz CT molecular complexity index is 1020. The van der Waals surface area contributed by atoms with Gasteiger partial charge in [0.05, 0.1) is 17.5 Å². The van der Waals surface area contributed by atoms with Gasteiger partial charge in [0.2, 0.25) is 6.79 Å². The third-order valence-electron chi connectivity index (χ3n) is 6.71. The molecule has 0 radical (unpaired) electrons. The first kappa shape index (κ1) is 17.8. The summed E-state index contributed by atoms with van der Waals surface area (Å²) in [4.78, 5) is 29.1. The minimum atomic E-state index is -1.03. The molecular weight excluding hydrogens is 410 g/mol. The summed E-state index contributed by atoms with van der Waals surface area (Å²) in [6.07, 6.45) is 2.20. The normalized spacial score (nSPS) is 39.7. The van der Waals surface area contributed by atoms with Crippen molar-refractivity contribution in [2.75, 3.05) is 6.79 Å². The molecule has 4 atom stereocenters. The van der Waals surface area contributed by atoms with Crippen molar-refractivity contribution < 1.29 is 19.1 Å². The minimum Gasteiger partial charge on any atom is -0.454 e. The van der Waals surface area contributed by atoms with Crippen LogP contribution in [0.1, 0.15) is 44.7 Å². The highest BCUT2D eigenvalue weighted by atomic mass is 33.1. The maximum Gasteiger partial charge on any atom is 0.261 e. The Morgan fingerprint density at radius 2 is 1.86 bits per heavy atom. The molecule has 5 aliphatic heterocycles. The van der Waals surface area contributed by atoms with Crippen LogP contribution in [0.25, 0.3) is 0 Å². The van der Waals surface area contributed by atoms with Gasteiger partial charge in [-0.25, -0.2) is 0 Å². The van der Waals surface area contributed by atoms with Gasteiger partial charge in [0.15, 0.2) is 21.2 Å². The molecule has 29 heavy (non-hydrogen) atoms. The third-order valence-corrected chi connectivity index (χ3v) is 10.3. The smallest absolute Gasteiger partial charge is 0.261 e. The van der Waals surface area contributed by atoms with E-state index < -0.39 is 21.2 Å². The van der Waals surface area contributed by atoms with Gasteiger partial charge in [-0.15, -0.1) is 0 Å². The molecule has 2 bridgehead atoms. The Morgan fingerprint density at radius 1 is 1.10 bits per heavy atom. The highest BCUT2D eigenvalue weighted by Gasteiger charge is 2.76. The van der Waals surface area contributed by atoms with Crippen LogP contribution in [-0.4, -0.2) is 44.2 Å². The number of fused-ring (bicyclic) bond motifs is 3. The van der Waals surface area contributed by atoms with Gasteiger partial charge in [-0.1, -0.05) is 27.7 Å². The van der Waals surface area contributed by atoms with E-state index in [-0.39, 0.29) is 24.6 Å². The lowest BCUT2D eigenvalue weighted by atomic mass is 9.79. The number of ether oxygens (including phenoxy) is 2. The van der Waals surface area contributed by atoms with E-state index in [9.17, 15) is 14.9 Å². The van der Waals surface area contributed by atoms with E-state index in [0.717, 1.165) is 18.4 Å². The lowest BCUT2D eigenvalue weighted by Crippen LogP contribution is -2.75. The van der Waals surface area contributed by atoms with E-state index in [4.69, 9.17) is 9.47 Å². The van der Waals surface area contributed by atoms with Gasteiger partial charge in [0.25, 0.3) is 11.8 Å². The molecule has 7 rings (SSSR count). The number of amides is 2. The van der Waals surface area contributed by atoms with Crippen molar-refractivity contribution in [3.8, 4) is 17.6 Å². The SMILES string of the molecule is C[C@]1(C#N)CC23SS[C@@](C)(C(=O)N2C1c1ccc2c(c1)OCO2)N(C1CC1)C3=O. The Labute approximate surface area is 176 Å². The Kier molecular flexibility index (Phi) is 3.28. The van der Waals surface area contributed by atoms with Crippen LogP contribution in [0.5, 0.6) is 11.5 Å². The van der Waals surface area contributed by atoms with Gasteiger partial charge < -0.3 is 19.3 Å². The van der Waals surface area contributed by atoms with E-state index >= 15 is 0 Å². The second kappa shape index (κ2) is 5.35. The zero-order valence-electron chi connectivity index (χ0n) is 16.0. The van der Waals surface area contributed by atoms with E-state index in [1.165, 1.54) is 21.6 Å². The molecule has 1 aliphatic carbocycles. The van der Waals surface area contributed by atoms with Crippen molar-refractivity contribution in [2.24, 2.45) is 5.41 Å². The summed E-state index contributed by atoms with van der Waals surface area (Å²) in [6.45, 7) is 3.87. The molecule has 2 unspecified atom stereocenters. The molecule has 0 N–H and O–H groups in total. The molecular formula is C20H19N3O4S2. The van der Waals surface area contributed by atoms with Gasteiger partial charge in [-0.05, 0) is 44.4 Å². The zero-order valence-corrected chi connectivity index (χ0v) is 17.6. The molecule has 2 amide bonds. The molecule has 5 fully saturated rings. The van der Waals surface area contributed by atoms with Gasteiger partial charge in [0.1, 0.15) is 0 Å². The Hall–Kier alpha value is -2.05. The fourth-order valence-electron chi connectivity index (χ4n) is 5.22. The second-order valence-corrected chi connectivity index (χ2v) is 11.5. The van der Waals surface area contributed by atoms with Crippen LogP contribution in [0.15, 0.2) is 18.2 Å². The molecule has 1 saturated carbocycles. The second-order valence-electron chi connectivity index (χ2n) is 8.74. The van der Waals surface area contributed by atoms with Crippen molar-refractivity contribution in [1.82, 2.24) is 9.80 Å². The van der Waals surface area contributed by atoms with Gasteiger partial charge in [-0.2, -0.15) is 5.26 Å². The van der Waals surface area contributed by atoms with Crippen molar-refractivity contribution in [1.29, 1.82) is 5.26 Å². The Morgan fingerprint density at radius 3 is 2.59 bits per heavy atom. The van der Waals surface area contributed by atoms with Crippen LogP contribution in [0.3, 0.4) is 0 Å². The molecule has 5 heterocycles. The van der Waals surface area contributed by atoms with Crippen LogP contribution < -0.4 is 9.47 Å². The maximum atomic E-state index is 13.8. The summed E-state index contributed by atoms with van der Waals surface area (Å²) in [6, 6.07) is 7.61. The quantitative estimate of drug-likeness (QED) is 0.668. The molecule has 150 valence electrons. The first-order valence-corrected chi connectivity index (χ1v) is 11.8. The van der Waals surface area contributed by atoms with Crippen LogP contribution in [0, 0.1) is 16.7 Å². The predicted octanol–water partition coefficient (Wildman–Crippen LogP) is 3.03. The molecule has 0 aromatic heterocycles. The summed E-state index contributed by atoms with van der Waals surface area (Å²) < 4.78 is 10.9. The molecule has 1 spiro atoms. The fraction of sp³-hybridized carbons (Fsp3) is 0.550. The van der Waals surface area contributed by atoms with Crippen LogP contribution in [0.4, 0.5) is 0 Å². The van der Waals surface area contributed by atoms with Gasteiger partial charge in [0, 0.05) is 12.5 Å². The number of nitrogens with zero attached hydrogens (tertiary/aromatic N) is 3. The van der Waals surface area contributed by atoms with Crippen molar-refractivity contribution >= 4 is 33.4 Å². The number of rotatable bonds is 2. The topological polar surface area (TPSA) is 82.9 Å². The summed E-state index contributed by atoms with van der Waals surface area (Å²) in [5.74, 6) is 1.17. The number of carbonyl (C=O) groups is 2. The molecule has 1 aromatic rings. The molecule has 6 aliphatic rings. The number of hydrogen-bond donors (Lipinski definition) is 0. The van der Waals surface area contributed by atoms with E-state index in [1.54, 1.807) is 4.90 Å². The summed E-state index contributed by atoms with van der Waals surface area (Å²) in [5.41, 5.74) is -0.0896. The van der Waals surface area contributed by atoms with Crippen LogP contribution in [0.2, 0.25) is 0 Å². The van der Waals surface area contributed by atoms with E-state index in [0.29, 0.717) is 17.9 Å². The average Bonchev–Trinajstić information content (AvgIpc) is 3.34. The number of hydrogen-bond acceptors (Lipinski definition) is 7. The molecule has 1 aromatic carbocycles. The van der Waals surface area contributed by atoms with Crippen molar-refractivity contribution in [3.63, 3.8) is 0 Å². The first-order chi connectivity index (χ1) is 13.8. The third kappa shape index (κ3) is 2.01. The van der Waals surface area contributed by atoms with E-state index in [2.05, 4.69) is 6.07 Å². The molecule has 4 saturated heterocycles. The summed E-state index contributed by atoms with van der Waals surface area (Å²) >= 11 is 0. The predicted molar refractivity (Wildman–Crippen MR) is 107 cm³/mol. The zero-order chi connectivity index (χ0) is 20.2. The highest BCUT2D eigenvalue weighted by Crippen LogP contribution is 2.70. The van der Waals surface area contributed by atoms with Gasteiger partial charge >= 0.3 is 0 Å². The lowest BCUT2D eigenvalue weighted by Gasteiger charge is -2.58. The number of piperazine rings is 1. The van der Waals surface area contributed by atoms with Crippen molar-refractivity contribution in [3.05, 3.63) is 23.8 Å². The Balaban J connectivity index is 1.53. The average molecular weight is 430 g/mol. The first-order valence-electron chi connectivity index (χ1n) is 9.69. The van der Waals surface area contributed by atoms with E-state index in [1.807, 2.05) is 36.9 Å². The maximum absolute atomic E-state index is 13.8. The largest absolute Gasteiger partial charge is 0.454 e. The number of carbonyl (C=O) groups excluding carboxylic acids is 2. The summed E-state index contributed by atoms with van der Waals surface area (Å²) in [5, 5.41) is 10.2. The molecule has 7 nitrogen and oxygen atoms in total. The number of benzene rings is 1. The highest BCUT2D eigenvalue weighted by molar-refractivity contribution is 8.78. The monoisotopic (exact) mass is 429 g/mol.